The van der Waals surface area contributed by atoms with Crippen molar-refractivity contribution in [2.75, 3.05) is 11.5 Å². The number of nitriles is 1. The van der Waals surface area contributed by atoms with Crippen LogP contribution in [-0.2, 0) is 14.9 Å². The van der Waals surface area contributed by atoms with Gasteiger partial charge in [-0.05, 0) is 13.8 Å². The molecule has 0 saturated carbocycles. The Labute approximate surface area is 117 Å². The van der Waals surface area contributed by atoms with Crippen molar-refractivity contribution in [3.63, 3.8) is 0 Å². The van der Waals surface area contributed by atoms with E-state index in [-0.39, 0.29) is 9.68 Å². The summed E-state index contributed by atoms with van der Waals surface area (Å²) in [5.41, 5.74) is -0.326. The molecule has 1 fully saturated rings. The van der Waals surface area contributed by atoms with Gasteiger partial charge < -0.3 is 4.74 Å². The highest BCUT2D eigenvalue weighted by molar-refractivity contribution is 8.15. The zero-order chi connectivity index (χ0) is 13.0. The molecule has 1 saturated heterocycles. The molecule has 96 valence electrons. The first-order valence-corrected chi connectivity index (χ1v) is 8.85. The summed E-state index contributed by atoms with van der Waals surface area (Å²) in [4.78, 5) is 1.64. The van der Waals surface area contributed by atoms with E-state index < -0.39 is 10.8 Å². The number of fused-ring (bicyclic) bond motifs is 2. The molecule has 3 nitrogen and oxygen atoms in total. The number of hydrogen-bond donors (Lipinski definition) is 0. The topological polar surface area (TPSA) is 50.1 Å². The fraction of sp³-hybridized carbons (Fsp3) is 0.583. The minimum atomic E-state index is -0.881. The van der Waals surface area contributed by atoms with E-state index in [4.69, 9.17) is 10.00 Å². The number of thioether (sulfide) groups is 1. The highest BCUT2D eigenvalue weighted by Gasteiger charge is 2.53. The van der Waals surface area contributed by atoms with E-state index in [0.717, 1.165) is 28.6 Å². The van der Waals surface area contributed by atoms with Crippen LogP contribution in [0, 0.1) is 11.3 Å². The lowest BCUT2D eigenvalue weighted by Crippen LogP contribution is -2.42. The number of thiophene rings is 1. The molecule has 0 radical (unpaired) electrons. The third-order valence-corrected chi connectivity index (χ3v) is 8.66. The molecular weight excluding hydrogens is 286 g/mol. The van der Waals surface area contributed by atoms with Crippen molar-refractivity contribution in [3.05, 3.63) is 15.8 Å². The molecule has 1 spiro atoms. The van der Waals surface area contributed by atoms with Crippen molar-refractivity contribution < 1.29 is 8.95 Å². The summed E-state index contributed by atoms with van der Waals surface area (Å²) in [6.45, 7) is 4.05. The number of rotatable bonds is 0. The van der Waals surface area contributed by atoms with E-state index in [1.807, 2.05) is 13.8 Å². The van der Waals surface area contributed by atoms with Crippen LogP contribution < -0.4 is 4.74 Å². The first-order chi connectivity index (χ1) is 8.47. The molecule has 18 heavy (non-hydrogen) atoms. The van der Waals surface area contributed by atoms with Crippen LogP contribution in [0.25, 0.3) is 0 Å². The molecule has 0 aliphatic carbocycles. The molecule has 0 amide bonds. The predicted molar refractivity (Wildman–Crippen MR) is 75.5 cm³/mol. The van der Waals surface area contributed by atoms with Gasteiger partial charge >= 0.3 is 0 Å². The second-order valence-electron chi connectivity index (χ2n) is 5.11. The Kier molecular flexibility index (Phi) is 2.78. The van der Waals surface area contributed by atoms with E-state index in [0.29, 0.717) is 4.88 Å². The van der Waals surface area contributed by atoms with Crippen molar-refractivity contribution in [2.24, 2.45) is 0 Å². The fourth-order valence-corrected chi connectivity index (χ4v) is 8.25. The highest BCUT2D eigenvalue weighted by atomic mass is 32.2. The van der Waals surface area contributed by atoms with Crippen molar-refractivity contribution >= 4 is 33.9 Å². The average Bonchev–Trinajstić information content (AvgIpc) is 2.83. The standard InChI is InChI=1S/C12H13NO2S3/c1-11(2)7-12(16-3-4-18(12)14)10-9(15-11)5-8(6-13)17-10/h5H,3-4,7H2,1-2H3. The fourth-order valence-electron chi connectivity index (χ4n) is 2.56. The summed E-state index contributed by atoms with van der Waals surface area (Å²) >= 11 is 3.20. The van der Waals surface area contributed by atoms with Gasteiger partial charge in [-0.1, -0.05) is 0 Å². The van der Waals surface area contributed by atoms with Crippen molar-refractivity contribution in [3.8, 4) is 11.8 Å². The molecule has 0 bridgehead atoms. The predicted octanol–water partition coefficient (Wildman–Crippen LogP) is 2.83. The Hall–Kier alpha value is -0.510. The third-order valence-electron chi connectivity index (χ3n) is 3.17. The highest BCUT2D eigenvalue weighted by Crippen LogP contribution is 2.58. The molecule has 1 aromatic rings. The largest absolute Gasteiger partial charge is 0.486 e. The van der Waals surface area contributed by atoms with Crippen LogP contribution in [0.2, 0.25) is 0 Å². The number of ether oxygens (including phenoxy) is 1. The Morgan fingerprint density at radius 1 is 1.56 bits per heavy atom. The summed E-state index contributed by atoms with van der Waals surface area (Å²) < 4.78 is 18.1. The molecule has 2 aliphatic rings. The second kappa shape index (κ2) is 3.99. The van der Waals surface area contributed by atoms with E-state index in [2.05, 4.69) is 6.07 Å². The van der Waals surface area contributed by atoms with Crippen molar-refractivity contribution in [1.82, 2.24) is 0 Å². The molecule has 2 unspecified atom stereocenters. The monoisotopic (exact) mass is 299 g/mol. The zero-order valence-corrected chi connectivity index (χ0v) is 12.6. The first-order valence-electron chi connectivity index (χ1n) is 5.73. The first kappa shape index (κ1) is 12.5. The summed E-state index contributed by atoms with van der Waals surface area (Å²) in [7, 11) is -0.881. The summed E-state index contributed by atoms with van der Waals surface area (Å²) in [5, 5.41) is 9.04. The molecule has 2 aliphatic heterocycles. The van der Waals surface area contributed by atoms with Crippen LogP contribution in [0.15, 0.2) is 6.07 Å². The number of nitrogens with zero attached hydrogens (tertiary/aromatic N) is 1. The average molecular weight is 299 g/mol. The summed E-state index contributed by atoms with van der Waals surface area (Å²) in [6.07, 6.45) is 0.746. The Morgan fingerprint density at radius 2 is 2.33 bits per heavy atom. The van der Waals surface area contributed by atoms with Gasteiger partial charge in [0.25, 0.3) is 0 Å². The zero-order valence-electron chi connectivity index (χ0n) is 10.2. The van der Waals surface area contributed by atoms with Crippen molar-refractivity contribution in [2.45, 2.75) is 29.9 Å². The lowest BCUT2D eigenvalue weighted by molar-refractivity contribution is 0.0804. The van der Waals surface area contributed by atoms with Gasteiger partial charge in [0.05, 0.1) is 4.88 Å². The van der Waals surface area contributed by atoms with Gasteiger partial charge in [0.1, 0.15) is 26.4 Å². The van der Waals surface area contributed by atoms with Gasteiger partial charge in [-0.2, -0.15) is 5.26 Å². The van der Waals surface area contributed by atoms with Gasteiger partial charge in [-0.3, -0.25) is 4.21 Å². The summed E-state index contributed by atoms with van der Waals surface area (Å²) in [6, 6.07) is 3.95. The maximum absolute atomic E-state index is 12.5. The SMILES string of the molecule is CC1(C)CC2(SCCS2=O)c2sc(C#N)cc2O1. The molecular formula is C12H13NO2S3. The third kappa shape index (κ3) is 1.72. The molecule has 3 heterocycles. The lowest BCUT2D eigenvalue weighted by Gasteiger charge is -2.40. The van der Waals surface area contributed by atoms with Crippen LogP contribution in [-0.4, -0.2) is 21.3 Å². The second-order valence-corrected chi connectivity index (χ2v) is 9.61. The maximum atomic E-state index is 12.5. The smallest absolute Gasteiger partial charge is 0.137 e. The quantitative estimate of drug-likeness (QED) is 0.739. The van der Waals surface area contributed by atoms with Crippen LogP contribution in [0.5, 0.6) is 5.75 Å². The van der Waals surface area contributed by atoms with Gasteiger partial charge in [-0.25, -0.2) is 0 Å². The molecule has 1 aromatic heterocycles. The minimum Gasteiger partial charge on any atom is -0.486 e. The van der Waals surface area contributed by atoms with E-state index in [1.165, 1.54) is 11.3 Å². The van der Waals surface area contributed by atoms with Crippen LogP contribution >= 0.6 is 23.1 Å². The van der Waals surface area contributed by atoms with E-state index in [1.54, 1.807) is 17.8 Å². The van der Waals surface area contributed by atoms with Crippen LogP contribution in [0.4, 0.5) is 0 Å². The molecule has 0 aromatic carbocycles. The normalized spacial score (nSPS) is 32.8. The van der Waals surface area contributed by atoms with Crippen LogP contribution in [0.1, 0.15) is 30.0 Å². The van der Waals surface area contributed by atoms with Gasteiger partial charge in [0.15, 0.2) is 0 Å². The van der Waals surface area contributed by atoms with Gasteiger partial charge in [0, 0.05) is 34.8 Å². The molecule has 0 N–H and O–H groups in total. The molecule has 2 atom stereocenters. The maximum Gasteiger partial charge on any atom is 0.137 e. The van der Waals surface area contributed by atoms with Crippen LogP contribution in [0.3, 0.4) is 0 Å². The summed E-state index contributed by atoms with van der Waals surface area (Å²) in [5.74, 6) is 2.41. The van der Waals surface area contributed by atoms with E-state index >= 15 is 0 Å². The Bertz CT molecular complexity index is 572. The van der Waals surface area contributed by atoms with Crippen molar-refractivity contribution in [1.29, 1.82) is 5.26 Å². The van der Waals surface area contributed by atoms with E-state index in [9.17, 15) is 4.21 Å². The molecule has 3 rings (SSSR count). The Morgan fingerprint density at radius 3 is 2.94 bits per heavy atom. The van der Waals surface area contributed by atoms with Gasteiger partial charge in [0.2, 0.25) is 0 Å². The Balaban J connectivity index is 2.20. The molecule has 6 heteroatoms. The lowest BCUT2D eigenvalue weighted by atomic mass is 9.98. The minimum absolute atomic E-state index is 0.326. The number of hydrogen-bond acceptors (Lipinski definition) is 5. The van der Waals surface area contributed by atoms with Gasteiger partial charge in [-0.15, -0.1) is 23.1 Å².